The molecule has 0 saturated carbocycles. The highest BCUT2D eigenvalue weighted by atomic mass is 16.6. The molecule has 2 aromatic carbocycles. The molecule has 1 unspecified atom stereocenters. The lowest BCUT2D eigenvalue weighted by Gasteiger charge is -2.10. The maximum Gasteiger partial charge on any atom is 0.277 e. The topological polar surface area (TPSA) is 107 Å². The van der Waals surface area contributed by atoms with E-state index in [9.17, 15) is 14.9 Å². The van der Waals surface area contributed by atoms with Crippen molar-refractivity contribution in [2.45, 2.75) is 26.2 Å². The van der Waals surface area contributed by atoms with Gasteiger partial charge in [0.1, 0.15) is 17.3 Å². The van der Waals surface area contributed by atoms with E-state index in [1.807, 2.05) is 24.3 Å². The van der Waals surface area contributed by atoms with Gasteiger partial charge in [0.05, 0.1) is 11.1 Å². The Morgan fingerprint density at radius 1 is 1.23 bits per heavy atom. The maximum atomic E-state index is 11.9. The van der Waals surface area contributed by atoms with Crippen LogP contribution in [0.15, 0.2) is 70.2 Å². The first-order valence-electron chi connectivity index (χ1n) is 9.85. The first-order chi connectivity index (χ1) is 15.0. The largest absolute Gasteiger partial charge is 0.484 e. The summed E-state index contributed by atoms with van der Waals surface area (Å²) in [5, 5.41) is 14.7. The van der Waals surface area contributed by atoms with Gasteiger partial charge in [-0.25, -0.2) is 5.43 Å². The van der Waals surface area contributed by atoms with Crippen LogP contribution in [0, 0.1) is 10.1 Å². The number of amides is 1. The Morgan fingerprint density at radius 3 is 2.71 bits per heavy atom. The van der Waals surface area contributed by atoms with Crippen LogP contribution >= 0.6 is 0 Å². The lowest BCUT2D eigenvalue weighted by Crippen LogP contribution is -2.24. The second-order valence-electron chi connectivity index (χ2n) is 6.97. The molecule has 1 N–H and O–H groups in total. The minimum absolute atomic E-state index is 0.0223. The molecule has 160 valence electrons. The SMILES string of the molecule is CCC(C)c1ccc(OCC(=O)NN=Cc2ccc(-c3cccc([N+](=O)[O-])c3)o2)cc1. The summed E-state index contributed by atoms with van der Waals surface area (Å²) in [6.45, 7) is 4.13. The molecule has 0 radical (unpaired) electrons. The summed E-state index contributed by atoms with van der Waals surface area (Å²) in [5.41, 5.74) is 4.15. The van der Waals surface area contributed by atoms with E-state index >= 15 is 0 Å². The molecule has 0 aliphatic rings. The molecule has 0 aliphatic carbocycles. The predicted molar refractivity (Wildman–Crippen MR) is 117 cm³/mol. The molecule has 1 aromatic heterocycles. The van der Waals surface area contributed by atoms with Crippen LogP contribution in [0.3, 0.4) is 0 Å². The number of carbonyl (C=O) groups is 1. The zero-order valence-electron chi connectivity index (χ0n) is 17.3. The Labute approximate surface area is 179 Å². The van der Waals surface area contributed by atoms with E-state index in [-0.39, 0.29) is 12.3 Å². The third-order valence-electron chi connectivity index (χ3n) is 4.78. The number of hydrogen-bond acceptors (Lipinski definition) is 6. The summed E-state index contributed by atoms with van der Waals surface area (Å²) >= 11 is 0. The average molecular weight is 421 g/mol. The van der Waals surface area contributed by atoms with Gasteiger partial charge >= 0.3 is 0 Å². The normalized spacial score (nSPS) is 11.9. The maximum absolute atomic E-state index is 11.9. The van der Waals surface area contributed by atoms with E-state index in [1.54, 1.807) is 24.3 Å². The summed E-state index contributed by atoms with van der Waals surface area (Å²) in [6.07, 6.45) is 2.41. The Morgan fingerprint density at radius 2 is 2.00 bits per heavy atom. The first kappa shape index (κ1) is 21.8. The minimum atomic E-state index is -0.466. The van der Waals surface area contributed by atoms with Crippen molar-refractivity contribution in [1.29, 1.82) is 0 Å². The molecular formula is C23H23N3O5. The van der Waals surface area contributed by atoms with Gasteiger partial charge in [0, 0.05) is 17.7 Å². The summed E-state index contributed by atoms with van der Waals surface area (Å²) in [7, 11) is 0. The van der Waals surface area contributed by atoms with Crippen molar-refractivity contribution in [2.75, 3.05) is 6.61 Å². The van der Waals surface area contributed by atoms with Crippen molar-refractivity contribution in [3.05, 3.63) is 82.1 Å². The second-order valence-corrected chi connectivity index (χ2v) is 6.97. The van der Waals surface area contributed by atoms with Crippen LogP contribution in [0.1, 0.15) is 37.5 Å². The fourth-order valence-electron chi connectivity index (χ4n) is 2.83. The van der Waals surface area contributed by atoms with Gasteiger partial charge < -0.3 is 9.15 Å². The summed E-state index contributed by atoms with van der Waals surface area (Å²) in [4.78, 5) is 22.3. The van der Waals surface area contributed by atoms with Gasteiger partial charge in [0.15, 0.2) is 6.61 Å². The molecular weight excluding hydrogens is 398 g/mol. The predicted octanol–water partition coefficient (Wildman–Crippen LogP) is 4.90. The molecule has 0 saturated heterocycles. The molecule has 0 spiro atoms. The van der Waals surface area contributed by atoms with Crippen LogP contribution < -0.4 is 10.2 Å². The van der Waals surface area contributed by atoms with E-state index in [0.29, 0.717) is 28.8 Å². The van der Waals surface area contributed by atoms with Gasteiger partial charge in [-0.2, -0.15) is 5.10 Å². The van der Waals surface area contributed by atoms with Crippen LogP contribution in [-0.4, -0.2) is 23.7 Å². The first-order valence-corrected chi connectivity index (χ1v) is 9.85. The van der Waals surface area contributed by atoms with Crippen molar-refractivity contribution in [3.8, 4) is 17.1 Å². The fraction of sp³-hybridized carbons (Fsp3) is 0.217. The number of nitrogens with one attached hydrogen (secondary N) is 1. The smallest absolute Gasteiger partial charge is 0.277 e. The average Bonchev–Trinajstić information content (AvgIpc) is 3.26. The number of benzene rings is 2. The highest BCUT2D eigenvalue weighted by Crippen LogP contribution is 2.25. The number of nitrogens with zero attached hydrogens (tertiary/aromatic N) is 2. The summed E-state index contributed by atoms with van der Waals surface area (Å²) < 4.78 is 11.1. The van der Waals surface area contributed by atoms with E-state index < -0.39 is 10.8 Å². The van der Waals surface area contributed by atoms with Crippen LogP contribution in [0.4, 0.5) is 5.69 Å². The lowest BCUT2D eigenvalue weighted by molar-refractivity contribution is -0.384. The van der Waals surface area contributed by atoms with E-state index in [4.69, 9.17) is 9.15 Å². The molecule has 1 heterocycles. The van der Waals surface area contributed by atoms with Gasteiger partial charge in [-0.3, -0.25) is 14.9 Å². The number of carbonyl (C=O) groups excluding carboxylic acids is 1. The molecule has 1 atom stereocenters. The molecule has 0 bridgehead atoms. The zero-order valence-corrected chi connectivity index (χ0v) is 17.3. The molecule has 3 rings (SSSR count). The highest BCUT2D eigenvalue weighted by molar-refractivity contribution is 5.81. The summed E-state index contributed by atoms with van der Waals surface area (Å²) in [6, 6.07) is 17.1. The number of furan rings is 1. The monoisotopic (exact) mass is 421 g/mol. The quantitative estimate of drug-likeness (QED) is 0.300. The zero-order chi connectivity index (χ0) is 22.2. The molecule has 8 heteroatoms. The van der Waals surface area contributed by atoms with Gasteiger partial charge in [0.25, 0.3) is 11.6 Å². The molecule has 0 aliphatic heterocycles. The Hall–Kier alpha value is -3.94. The number of nitro groups is 1. The Bertz CT molecular complexity index is 1070. The molecule has 3 aromatic rings. The Kier molecular flexibility index (Phi) is 7.16. The molecule has 31 heavy (non-hydrogen) atoms. The number of ether oxygens (including phenoxy) is 1. The second kappa shape index (κ2) is 10.2. The molecule has 8 nitrogen and oxygen atoms in total. The van der Waals surface area contributed by atoms with E-state index in [0.717, 1.165) is 6.42 Å². The number of hydrogen-bond donors (Lipinski definition) is 1. The molecule has 1 amide bonds. The third-order valence-corrected chi connectivity index (χ3v) is 4.78. The minimum Gasteiger partial charge on any atom is -0.484 e. The van der Waals surface area contributed by atoms with Gasteiger partial charge in [-0.05, 0) is 42.2 Å². The van der Waals surface area contributed by atoms with Crippen LogP contribution in [0.25, 0.3) is 11.3 Å². The van der Waals surface area contributed by atoms with Crippen LogP contribution in [0.5, 0.6) is 5.75 Å². The molecule has 0 fully saturated rings. The fourth-order valence-corrected chi connectivity index (χ4v) is 2.83. The number of rotatable bonds is 9. The summed E-state index contributed by atoms with van der Waals surface area (Å²) in [5.74, 6) is 1.53. The number of hydrazone groups is 1. The standard InChI is InChI=1S/C23H23N3O5/c1-3-16(2)17-7-9-20(10-8-17)30-15-23(27)25-24-14-21-11-12-22(31-21)18-5-4-6-19(13-18)26(28)29/h4-14,16H,3,15H2,1-2H3,(H,25,27). The van der Waals surface area contributed by atoms with Gasteiger partial charge in [0.2, 0.25) is 0 Å². The highest BCUT2D eigenvalue weighted by Gasteiger charge is 2.10. The van der Waals surface area contributed by atoms with Crippen molar-refractivity contribution in [2.24, 2.45) is 5.10 Å². The lowest BCUT2D eigenvalue weighted by atomic mass is 9.99. The van der Waals surface area contributed by atoms with Crippen molar-refractivity contribution in [1.82, 2.24) is 5.43 Å². The van der Waals surface area contributed by atoms with Gasteiger partial charge in [-0.15, -0.1) is 0 Å². The van der Waals surface area contributed by atoms with Crippen LogP contribution in [0.2, 0.25) is 0 Å². The Balaban J connectivity index is 1.50. The van der Waals surface area contributed by atoms with Gasteiger partial charge in [-0.1, -0.05) is 38.1 Å². The van der Waals surface area contributed by atoms with Crippen molar-refractivity contribution >= 4 is 17.8 Å². The van der Waals surface area contributed by atoms with Crippen molar-refractivity contribution in [3.63, 3.8) is 0 Å². The third kappa shape index (κ3) is 6.02. The van der Waals surface area contributed by atoms with Crippen molar-refractivity contribution < 1.29 is 18.9 Å². The van der Waals surface area contributed by atoms with Crippen LogP contribution in [-0.2, 0) is 4.79 Å². The number of non-ortho nitro benzene ring substituents is 1. The number of nitro benzene ring substituents is 1. The van der Waals surface area contributed by atoms with E-state index in [1.165, 1.54) is 23.9 Å². The van der Waals surface area contributed by atoms with E-state index in [2.05, 4.69) is 24.4 Å².